The summed E-state index contributed by atoms with van der Waals surface area (Å²) in [5.41, 5.74) is 5.02. The summed E-state index contributed by atoms with van der Waals surface area (Å²) in [5.74, 6) is -0.0484. The number of carbonyl (C=O) groups is 1. The zero-order valence-electron chi connectivity index (χ0n) is 13.1. The molecule has 23 heavy (non-hydrogen) atoms. The SMILES string of the molecule is Cc1ccccc1-c1ccccc1C(=O)NCc1ccccc1. The molecule has 0 aliphatic heterocycles. The Hall–Kier alpha value is -2.87. The molecule has 0 heterocycles. The highest BCUT2D eigenvalue weighted by molar-refractivity contribution is 6.01. The molecular weight excluding hydrogens is 282 g/mol. The van der Waals surface area contributed by atoms with E-state index in [0.29, 0.717) is 12.1 Å². The number of amides is 1. The molecule has 0 atom stereocenters. The van der Waals surface area contributed by atoms with Crippen LogP contribution in [0.2, 0.25) is 0 Å². The average molecular weight is 301 g/mol. The molecule has 1 amide bonds. The van der Waals surface area contributed by atoms with E-state index in [1.165, 1.54) is 0 Å². The Labute approximate surface area is 136 Å². The summed E-state index contributed by atoms with van der Waals surface area (Å²) in [6.45, 7) is 2.59. The summed E-state index contributed by atoms with van der Waals surface area (Å²) in [6.07, 6.45) is 0. The first-order chi connectivity index (χ1) is 11.3. The lowest BCUT2D eigenvalue weighted by molar-refractivity contribution is 0.0951. The van der Waals surface area contributed by atoms with Crippen LogP contribution < -0.4 is 5.32 Å². The maximum Gasteiger partial charge on any atom is 0.252 e. The van der Waals surface area contributed by atoms with Crippen molar-refractivity contribution in [3.63, 3.8) is 0 Å². The van der Waals surface area contributed by atoms with Crippen molar-refractivity contribution >= 4 is 5.91 Å². The van der Waals surface area contributed by atoms with E-state index in [-0.39, 0.29) is 5.91 Å². The van der Waals surface area contributed by atoms with Gasteiger partial charge in [0.2, 0.25) is 0 Å². The third-order valence-electron chi connectivity index (χ3n) is 3.90. The smallest absolute Gasteiger partial charge is 0.252 e. The van der Waals surface area contributed by atoms with Crippen molar-refractivity contribution in [2.75, 3.05) is 0 Å². The molecule has 1 N–H and O–H groups in total. The zero-order valence-corrected chi connectivity index (χ0v) is 13.1. The van der Waals surface area contributed by atoms with Gasteiger partial charge in [-0.25, -0.2) is 0 Å². The lowest BCUT2D eigenvalue weighted by atomic mass is 9.95. The Bertz CT molecular complexity index is 809. The van der Waals surface area contributed by atoms with Gasteiger partial charge in [0.15, 0.2) is 0 Å². The molecule has 0 aromatic heterocycles. The fraction of sp³-hybridized carbons (Fsp3) is 0.0952. The lowest BCUT2D eigenvalue weighted by Crippen LogP contribution is -2.23. The molecule has 2 nitrogen and oxygen atoms in total. The Morgan fingerprint density at radius 2 is 1.39 bits per heavy atom. The molecule has 2 heteroatoms. The molecule has 0 unspecified atom stereocenters. The van der Waals surface area contributed by atoms with E-state index in [1.807, 2.05) is 66.7 Å². The third kappa shape index (κ3) is 3.49. The second-order valence-corrected chi connectivity index (χ2v) is 5.53. The topological polar surface area (TPSA) is 29.1 Å². The molecule has 0 aliphatic rings. The summed E-state index contributed by atoms with van der Waals surface area (Å²) < 4.78 is 0. The van der Waals surface area contributed by atoms with Gasteiger partial charge in [-0.2, -0.15) is 0 Å². The van der Waals surface area contributed by atoms with Gasteiger partial charge in [-0.3, -0.25) is 4.79 Å². The van der Waals surface area contributed by atoms with Gasteiger partial charge in [0.05, 0.1) is 0 Å². The second-order valence-electron chi connectivity index (χ2n) is 5.53. The quantitative estimate of drug-likeness (QED) is 0.750. The van der Waals surface area contributed by atoms with E-state index < -0.39 is 0 Å². The summed E-state index contributed by atoms with van der Waals surface area (Å²) >= 11 is 0. The Morgan fingerprint density at radius 3 is 2.13 bits per heavy atom. The van der Waals surface area contributed by atoms with Crippen LogP contribution in [-0.4, -0.2) is 5.91 Å². The minimum atomic E-state index is -0.0484. The molecule has 0 saturated heterocycles. The van der Waals surface area contributed by atoms with E-state index in [0.717, 1.165) is 22.3 Å². The van der Waals surface area contributed by atoms with E-state index in [2.05, 4.69) is 24.4 Å². The number of benzene rings is 3. The van der Waals surface area contributed by atoms with Crippen LogP contribution in [-0.2, 0) is 6.54 Å². The molecule has 3 rings (SSSR count). The van der Waals surface area contributed by atoms with Crippen LogP contribution in [0.1, 0.15) is 21.5 Å². The van der Waals surface area contributed by atoms with Crippen molar-refractivity contribution < 1.29 is 4.79 Å². The van der Waals surface area contributed by atoms with Crippen LogP contribution in [0, 0.1) is 6.92 Å². The van der Waals surface area contributed by atoms with Crippen LogP contribution in [0.5, 0.6) is 0 Å². The molecule has 0 fully saturated rings. The average Bonchev–Trinajstić information content (AvgIpc) is 2.61. The van der Waals surface area contributed by atoms with Gasteiger partial charge in [-0.1, -0.05) is 72.8 Å². The second kappa shape index (κ2) is 6.93. The molecule has 0 aliphatic carbocycles. The van der Waals surface area contributed by atoms with E-state index >= 15 is 0 Å². The monoisotopic (exact) mass is 301 g/mol. The number of hydrogen-bond donors (Lipinski definition) is 1. The molecule has 0 bridgehead atoms. The molecule has 3 aromatic rings. The van der Waals surface area contributed by atoms with Crippen molar-refractivity contribution in [3.05, 3.63) is 95.6 Å². The first-order valence-electron chi connectivity index (χ1n) is 7.73. The number of hydrogen-bond acceptors (Lipinski definition) is 1. The Morgan fingerprint density at radius 1 is 0.783 bits per heavy atom. The predicted molar refractivity (Wildman–Crippen MR) is 94.2 cm³/mol. The van der Waals surface area contributed by atoms with Gasteiger partial charge in [-0.05, 0) is 35.2 Å². The van der Waals surface area contributed by atoms with Crippen molar-refractivity contribution in [1.82, 2.24) is 5.32 Å². The highest BCUT2D eigenvalue weighted by Gasteiger charge is 2.13. The van der Waals surface area contributed by atoms with Crippen molar-refractivity contribution in [1.29, 1.82) is 0 Å². The Kier molecular flexibility index (Phi) is 4.53. The van der Waals surface area contributed by atoms with E-state index in [4.69, 9.17) is 0 Å². The lowest BCUT2D eigenvalue weighted by Gasteiger charge is -2.12. The van der Waals surface area contributed by atoms with Gasteiger partial charge >= 0.3 is 0 Å². The Balaban J connectivity index is 1.86. The fourth-order valence-corrected chi connectivity index (χ4v) is 2.66. The van der Waals surface area contributed by atoms with Gasteiger partial charge in [-0.15, -0.1) is 0 Å². The van der Waals surface area contributed by atoms with Gasteiger partial charge in [0, 0.05) is 12.1 Å². The zero-order chi connectivity index (χ0) is 16.1. The number of rotatable bonds is 4. The summed E-state index contributed by atoms with van der Waals surface area (Å²) in [4.78, 5) is 12.6. The van der Waals surface area contributed by atoms with Crippen LogP contribution in [0.4, 0.5) is 0 Å². The standard InChI is InChI=1S/C21H19NO/c1-16-9-5-6-12-18(16)19-13-7-8-14-20(19)21(23)22-15-17-10-3-2-4-11-17/h2-14H,15H2,1H3,(H,22,23). The first-order valence-corrected chi connectivity index (χ1v) is 7.73. The van der Waals surface area contributed by atoms with E-state index in [9.17, 15) is 4.79 Å². The number of aryl methyl sites for hydroxylation is 1. The molecule has 114 valence electrons. The molecule has 0 saturated carbocycles. The van der Waals surface area contributed by atoms with Crippen LogP contribution in [0.15, 0.2) is 78.9 Å². The maximum atomic E-state index is 12.6. The first kappa shape index (κ1) is 15.0. The summed E-state index contributed by atoms with van der Waals surface area (Å²) in [6, 6.07) is 25.8. The minimum Gasteiger partial charge on any atom is -0.348 e. The number of carbonyl (C=O) groups excluding carboxylic acids is 1. The normalized spacial score (nSPS) is 10.3. The van der Waals surface area contributed by atoms with Crippen molar-refractivity contribution in [2.45, 2.75) is 13.5 Å². The largest absolute Gasteiger partial charge is 0.348 e. The van der Waals surface area contributed by atoms with Crippen LogP contribution in [0.25, 0.3) is 11.1 Å². The van der Waals surface area contributed by atoms with E-state index in [1.54, 1.807) is 0 Å². The fourth-order valence-electron chi connectivity index (χ4n) is 2.66. The van der Waals surface area contributed by atoms with Gasteiger partial charge in [0.25, 0.3) is 5.91 Å². The van der Waals surface area contributed by atoms with Crippen LogP contribution in [0.3, 0.4) is 0 Å². The van der Waals surface area contributed by atoms with Crippen LogP contribution >= 0.6 is 0 Å². The van der Waals surface area contributed by atoms with Gasteiger partial charge in [0.1, 0.15) is 0 Å². The van der Waals surface area contributed by atoms with Crippen molar-refractivity contribution in [3.8, 4) is 11.1 Å². The highest BCUT2D eigenvalue weighted by Crippen LogP contribution is 2.26. The molecular formula is C21H19NO. The summed E-state index contributed by atoms with van der Waals surface area (Å²) in [7, 11) is 0. The maximum absolute atomic E-state index is 12.6. The third-order valence-corrected chi connectivity index (χ3v) is 3.90. The summed E-state index contributed by atoms with van der Waals surface area (Å²) in [5, 5.41) is 3.01. The highest BCUT2D eigenvalue weighted by atomic mass is 16.1. The van der Waals surface area contributed by atoms with Gasteiger partial charge < -0.3 is 5.32 Å². The molecule has 0 radical (unpaired) electrons. The number of nitrogens with one attached hydrogen (secondary N) is 1. The molecule has 3 aromatic carbocycles. The predicted octanol–water partition coefficient (Wildman–Crippen LogP) is 4.59. The van der Waals surface area contributed by atoms with Crippen molar-refractivity contribution in [2.24, 2.45) is 0 Å². The minimum absolute atomic E-state index is 0.0484. The molecule has 0 spiro atoms.